The second-order valence-electron chi connectivity index (χ2n) is 5.78. The zero-order valence-electron chi connectivity index (χ0n) is 12.6. The molecule has 0 bridgehead atoms. The minimum absolute atomic E-state index is 0.632. The van der Waals surface area contributed by atoms with Gasteiger partial charge in [-0.15, -0.1) is 11.3 Å². The van der Waals surface area contributed by atoms with E-state index < -0.39 is 0 Å². The first-order valence-electron chi connectivity index (χ1n) is 7.50. The molecule has 19 heavy (non-hydrogen) atoms. The van der Waals surface area contributed by atoms with Crippen molar-refractivity contribution >= 4 is 11.3 Å². The summed E-state index contributed by atoms with van der Waals surface area (Å²) in [5.74, 6) is 0.710. The van der Waals surface area contributed by atoms with Crippen LogP contribution in [0.4, 0.5) is 0 Å². The molecular formula is C15H27N3S. The third kappa shape index (κ3) is 3.77. The van der Waals surface area contributed by atoms with Crippen LogP contribution < -0.4 is 5.32 Å². The van der Waals surface area contributed by atoms with E-state index in [0.29, 0.717) is 18.0 Å². The van der Waals surface area contributed by atoms with Gasteiger partial charge in [0.25, 0.3) is 0 Å². The summed E-state index contributed by atoms with van der Waals surface area (Å²) < 4.78 is 0. The largest absolute Gasteiger partial charge is 0.314 e. The first kappa shape index (κ1) is 14.9. The van der Waals surface area contributed by atoms with Crippen LogP contribution in [-0.2, 0) is 6.54 Å². The van der Waals surface area contributed by atoms with Crippen LogP contribution >= 0.6 is 11.3 Å². The van der Waals surface area contributed by atoms with E-state index in [9.17, 15) is 0 Å². The zero-order chi connectivity index (χ0) is 13.8. The number of piperidine rings is 1. The van der Waals surface area contributed by atoms with E-state index in [0.717, 1.165) is 13.1 Å². The fourth-order valence-corrected chi connectivity index (χ4v) is 3.74. The van der Waals surface area contributed by atoms with Gasteiger partial charge in [-0.05, 0) is 39.2 Å². The number of hydrogen-bond acceptors (Lipinski definition) is 4. The van der Waals surface area contributed by atoms with Crippen molar-refractivity contribution in [3.05, 3.63) is 16.1 Å². The molecule has 3 unspecified atom stereocenters. The van der Waals surface area contributed by atoms with Crippen LogP contribution in [-0.4, -0.2) is 35.1 Å². The van der Waals surface area contributed by atoms with Gasteiger partial charge in [-0.1, -0.05) is 13.8 Å². The number of likely N-dealkylation sites (tertiary alicyclic amines) is 1. The summed E-state index contributed by atoms with van der Waals surface area (Å²) in [6, 6.07) is 1.32. The second-order valence-corrected chi connectivity index (χ2v) is 7.10. The molecule has 0 saturated carbocycles. The van der Waals surface area contributed by atoms with E-state index in [-0.39, 0.29) is 0 Å². The van der Waals surface area contributed by atoms with Crippen LogP contribution in [0.15, 0.2) is 6.20 Å². The highest BCUT2D eigenvalue weighted by Crippen LogP contribution is 2.26. The van der Waals surface area contributed by atoms with Gasteiger partial charge < -0.3 is 5.32 Å². The lowest BCUT2D eigenvalue weighted by atomic mass is 9.87. The summed E-state index contributed by atoms with van der Waals surface area (Å²) in [7, 11) is 0. The summed E-state index contributed by atoms with van der Waals surface area (Å²) >= 11 is 1.83. The van der Waals surface area contributed by atoms with E-state index in [4.69, 9.17) is 0 Å². The lowest BCUT2D eigenvalue weighted by molar-refractivity contribution is 0.0784. The summed E-state index contributed by atoms with van der Waals surface area (Å²) in [5.41, 5.74) is 0. The fourth-order valence-electron chi connectivity index (χ4n) is 2.93. The Morgan fingerprint density at radius 3 is 2.89 bits per heavy atom. The molecule has 4 heteroatoms. The third-order valence-electron chi connectivity index (χ3n) is 4.36. The Balaban J connectivity index is 1.91. The molecule has 0 spiro atoms. The van der Waals surface area contributed by atoms with Crippen molar-refractivity contribution in [3.63, 3.8) is 0 Å². The molecule has 1 aliphatic rings. The van der Waals surface area contributed by atoms with Gasteiger partial charge in [0.1, 0.15) is 5.01 Å². The molecule has 0 radical (unpaired) electrons. The summed E-state index contributed by atoms with van der Waals surface area (Å²) in [5, 5.41) is 4.96. The van der Waals surface area contributed by atoms with Crippen LogP contribution in [0.5, 0.6) is 0 Å². The lowest BCUT2D eigenvalue weighted by Crippen LogP contribution is -2.53. The molecular weight excluding hydrogens is 254 g/mol. The smallest absolute Gasteiger partial charge is 0.107 e. The predicted molar refractivity (Wildman–Crippen MR) is 82.6 cm³/mol. The van der Waals surface area contributed by atoms with Crippen molar-refractivity contribution in [2.45, 2.75) is 59.2 Å². The Bertz CT molecular complexity index is 390. The van der Waals surface area contributed by atoms with Gasteiger partial charge in [-0.25, -0.2) is 4.98 Å². The Hall–Kier alpha value is -0.450. The Morgan fingerprint density at radius 2 is 2.26 bits per heavy atom. The number of aromatic nitrogens is 1. The topological polar surface area (TPSA) is 28.2 Å². The molecule has 1 fully saturated rings. The summed E-state index contributed by atoms with van der Waals surface area (Å²) in [4.78, 5) is 8.40. The van der Waals surface area contributed by atoms with E-state index >= 15 is 0 Å². The maximum absolute atomic E-state index is 4.50. The van der Waals surface area contributed by atoms with E-state index in [1.165, 1.54) is 29.3 Å². The number of nitrogens with one attached hydrogen (secondary N) is 1. The minimum Gasteiger partial charge on any atom is -0.314 e. The minimum atomic E-state index is 0.632. The number of hydrogen-bond donors (Lipinski definition) is 1. The zero-order valence-corrected chi connectivity index (χ0v) is 13.5. The molecule has 1 aromatic heterocycles. The van der Waals surface area contributed by atoms with Gasteiger partial charge in [0.05, 0.1) is 6.54 Å². The fraction of sp³-hybridized carbons (Fsp3) is 0.800. The Labute approximate surface area is 121 Å². The van der Waals surface area contributed by atoms with Crippen LogP contribution in [0.3, 0.4) is 0 Å². The molecule has 1 aromatic rings. The summed E-state index contributed by atoms with van der Waals surface area (Å²) in [6.07, 6.45) is 4.47. The molecule has 0 aliphatic carbocycles. The third-order valence-corrected chi connectivity index (χ3v) is 5.26. The monoisotopic (exact) mass is 281 g/mol. The molecule has 2 heterocycles. The van der Waals surface area contributed by atoms with E-state index in [1.54, 1.807) is 0 Å². The number of rotatable bonds is 5. The molecule has 0 amide bonds. The highest BCUT2D eigenvalue weighted by Gasteiger charge is 2.32. The number of aryl methyl sites for hydroxylation is 1. The van der Waals surface area contributed by atoms with Crippen LogP contribution in [0.1, 0.15) is 43.5 Å². The predicted octanol–water partition coefficient (Wildman–Crippen LogP) is 3.05. The second kappa shape index (κ2) is 6.82. The summed E-state index contributed by atoms with van der Waals surface area (Å²) in [6.45, 7) is 12.5. The molecule has 2 rings (SSSR count). The first-order valence-corrected chi connectivity index (χ1v) is 8.32. The van der Waals surface area contributed by atoms with Gasteiger partial charge >= 0.3 is 0 Å². The van der Waals surface area contributed by atoms with E-state index in [1.807, 2.05) is 17.5 Å². The Morgan fingerprint density at radius 1 is 1.47 bits per heavy atom. The molecule has 1 N–H and O–H groups in total. The number of thiazole rings is 1. The molecule has 108 valence electrons. The van der Waals surface area contributed by atoms with Crippen molar-refractivity contribution < 1.29 is 0 Å². The van der Waals surface area contributed by atoms with Gasteiger partial charge in [0.2, 0.25) is 0 Å². The van der Waals surface area contributed by atoms with Gasteiger partial charge in [0, 0.05) is 29.7 Å². The highest BCUT2D eigenvalue weighted by atomic mass is 32.1. The van der Waals surface area contributed by atoms with Gasteiger partial charge in [0.15, 0.2) is 0 Å². The molecule has 1 saturated heterocycles. The highest BCUT2D eigenvalue weighted by molar-refractivity contribution is 7.11. The van der Waals surface area contributed by atoms with Gasteiger partial charge in [-0.2, -0.15) is 0 Å². The van der Waals surface area contributed by atoms with E-state index in [2.05, 4.69) is 42.9 Å². The van der Waals surface area contributed by atoms with Gasteiger partial charge in [-0.3, -0.25) is 4.90 Å². The van der Waals surface area contributed by atoms with Crippen LogP contribution in [0.2, 0.25) is 0 Å². The van der Waals surface area contributed by atoms with Crippen molar-refractivity contribution in [1.82, 2.24) is 15.2 Å². The normalized spacial score (nSPS) is 28.7. The van der Waals surface area contributed by atoms with Crippen molar-refractivity contribution in [1.29, 1.82) is 0 Å². The molecule has 0 aromatic carbocycles. The standard InChI is InChI=1S/C15H27N3S/c1-5-7-16-14-6-8-18(13(4)12(14)3)10-15-17-9-11(2)19-15/h9,12-14,16H,5-8,10H2,1-4H3. The number of nitrogens with zero attached hydrogens (tertiary/aromatic N) is 2. The molecule has 3 atom stereocenters. The first-order chi connectivity index (χ1) is 9.11. The van der Waals surface area contributed by atoms with Crippen LogP contribution in [0, 0.1) is 12.8 Å². The molecule has 1 aliphatic heterocycles. The van der Waals surface area contributed by atoms with Crippen molar-refractivity contribution in [2.75, 3.05) is 13.1 Å². The van der Waals surface area contributed by atoms with Crippen molar-refractivity contribution in [3.8, 4) is 0 Å². The van der Waals surface area contributed by atoms with Crippen molar-refractivity contribution in [2.24, 2.45) is 5.92 Å². The quantitative estimate of drug-likeness (QED) is 0.899. The average Bonchev–Trinajstić information content (AvgIpc) is 2.80. The SMILES string of the molecule is CCCNC1CCN(Cc2ncc(C)s2)C(C)C1C. The van der Waals surface area contributed by atoms with Crippen LogP contribution in [0.25, 0.3) is 0 Å². The Kier molecular flexibility index (Phi) is 5.37. The maximum Gasteiger partial charge on any atom is 0.107 e. The average molecular weight is 281 g/mol. The maximum atomic E-state index is 4.50. The lowest BCUT2D eigenvalue weighted by Gasteiger charge is -2.42. The molecule has 3 nitrogen and oxygen atoms in total.